The van der Waals surface area contributed by atoms with E-state index in [2.05, 4.69) is 15.5 Å². The van der Waals surface area contributed by atoms with Gasteiger partial charge in [-0.15, -0.1) is 0 Å². The molecular weight excluding hydrogens is 216 g/mol. The standard InChI is InChI=1S/C12H16N4O/c1-16-7-3-5-10(16)11-14-12(17-15-11)9-4-2-6-13-8-9/h3,5,7,9,13H,2,4,6,8H2,1H3/t9-/m0/s1. The fourth-order valence-corrected chi connectivity index (χ4v) is 2.26. The summed E-state index contributed by atoms with van der Waals surface area (Å²) in [5, 5.41) is 7.42. The zero-order valence-electron chi connectivity index (χ0n) is 9.89. The quantitative estimate of drug-likeness (QED) is 0.853. The summed E-state index contributed by atoms with van der Waals surface area (Å²) >= 11 is 0. The molecule has 0 radical (unpaired) electrons. The van der Waals surface area contributed by atoms with Crippen LogP contribution in [0.1, 0.15) is 24.7 Å². The Labute approximate surface area is 99.8 Å². The van der Waals surface area contributed by atoms with Gasteiger partial charge in [0.1, 0.15) is 0 Å². The molecule has 1 aliphatic rings. The van der Waals surface area contributed by atoms with Crippen molar-refractivity contribution in [2.45, 2.75) is 18.8 Å². The molecule has 1 saturated heterocycles. The van der Waals surface area contributed by atoms with Crippen LogP contribution >= 0.6 is 0 Å². The molecule has 3 heterocycles. The van der Waals surface area contributed by atoms with Crippen molar-refractivity contribution >= 4 is 0 Å². The summed E-state index contributed by atoms with van der Waals surface area (Å²) < 4.78 is 7.36. The third-order valence-electron chi connectivity index (χ3n) is 3.26. The monoisotopic (exact) mass is 232 g/mol. The van der Waals surface area contributed by atoms with Gasteiger partial charge in [0.25, 0.3) is 0 Å². The van der Waals surface area contributed by atoms with E-state index in [9.17, 15) is 0 Å². The highest BCUT2D eigenvalue weighted by Crippen LogP contribution is 2.24. The third kappa shape index (κ3) is 1.98. The van der Waals surface area contributed by atoms with E-state index in [0.29, 0.717) is 11.7 Å². The van der Waals surface area contributed by atoms with Gasteiger partial charge in [-0.2, -0.15) is 4.98 Å². The second kappa shape index (κ2) is 4.33. The van der Waals surface area contributed by atoms with Crippen molar-refractivity contribution in [1.29, 1.82) is 0 Å². The van der Waals surface area contributed by atoms with Gasteiger partial charge in [0, 0.05) is 19.8 Å². The summed E-state index contributed by atoms with van der Waals surface area (Å²) in [5.74, 6) is 1.80. The van der Waals surface area contributed by atoms with E-state index in [1.54, 1.807) is 0 Å². The summed E-state index contributed by atoms with van der Waals surface area (Å²) in [6.45, 7) is 2.03. The van der Waals surface area contributed by atoms with E-state index in [4.69, 9.17) is 4.52 Å². The average Bonchev–Trinajstić information content (AvgIpc) is 2.98. The maximum absolute atomic E-state index is 5.37. The molecule has 2 aromatic rings. The Morgan fingerprint density at radius 2 is 2.47 bits per heavy atom. The molecule has 1 N–H and O–H groups in total. The van der Waals surface area contributed by atoms with Crippen LogP contribution in [0, 0.1) is 0 Å². The Morgan fingerprint density at radius 3 is 3.18 bits per heavy atom. The van der Waals surface area contributed by atoms with Gasteiger partial charge >= 0.3 is 0 Å². The van der Waals surface area contributed by atoms with Crippen LogP contribution in [0.2, 0.25) is 0 Å². The number of hydrogen-bond donors (Lipinski definition) is 1. The topological polar surface area (TPSA) is 55.9 Å². The van der Waals surface area contributed by atoms with Crippen molar-refractivity contribution < 1.29 is 4.52 Å². The molecule has 17 heavy (non-hydrogen) atoms. The Bertz CT molecular complexity index is 496. The molecule has 0 aliphatic carbocycles. The minimum Gasteiger partial charge on any atom is -0.348 e. The van der Waals surface area contributed by atoms with Crippen molar-refractivity contribution in [2.24, 2.45) is 7.05 Å². The number of rotatable bonds is 2. The molecule has 90 valence electrons. The number of aryl methyl sites for hydroxylation is 1. The number of aromatic nitrogens is 3. The zero-order valence-corrected chi connectivity index (χ0v) is 9.89. The first-order chi connectivity index (χ1) is 8.34. The van der Waals surface area contributed by atoms with Gasteiger partial charge in [-0.25, -0.2) is 0 Å². The Kier molecular flexibility index (Phi) is 2.68. The van der Waals surface area contributed by atoms with Crippen molar-refractivity contribution in [3.63, 3.8) is 0 Å². The Morgan fingerprint density at radius 1 is 1.53 bits per heavy atom. The van der Waals surface area contributed by atoms with Gasteiger partial charge in [0.2, 0.25) is 11.7 Å². The third-order valence-corrected chi connectivity index (χ3v) is 3.26. The van der Waals surface area contributed by atoms with Crippen LogP contribution in [0.4, 0.5) is 0 Å². The van der Waals surface area contributed by atoms with E-state index in [-0.39, 0.29) is 0 Å². The van der Waals surface area contributed by atoms with E-state index < -0.39 is 0 Å². The van der Waals surface area contributed by atoms with Gasteiger partial charge in [0.05, 0.1) is 11.6 Å². The van der Waals surface area contributed by atoms with Crippen LogP contribution in [0.25, 0.3) is 11.5 Å². The van der Waals surface area contributed by atoms with Crippen molar-refractivity contribution in [3.05, 3.63) is 24.2 Å². The molecule has 5 heteroatoms. The fourth-order valence-electron chi connectivity index (χ4n) is 2.26. The molecule has 0 aromatic carbocycles. The van der Waals surface area contributed by atoms with Gasteiger partial charge in [-0.1, -0.05) is 5.16 Å². The smallest absolute Gasteiger partial charge is 0.231 e. The molecular formula is C12H16N4O. The van der Waals surface area contributed by atoms with Gasteiger partial charge < -0.3 is 14.4 Å². The highest BCUT2D eigenvalue weighted by atomic mass is 16.5. The van der Waals surface area contributed by atoms with Crippen LogP contribution in [-0.4, -0.2) is 27.8 Å². The molecule has 0 spiro atoms. The Balaban J connectivity index is 1.85. The molecule has 0 bridgehead atoms. The van der Waals surface area contributed by atoms with Gasteiger partial charge in [-0.3, -0.25) is 0 Å². The maximum atomic E-state index is 5.37. The second-order valence-corrected chi connectivity index (χ2v) is 4.50. The number of nitrogens with zero attached hydrogens (tertiary/aromatic N) is 3. The largest absolute Gasteiger partial charge is 0.348 e. The number of nitrogens with one attached hydrogen (secondary N) is 1. The van der Waals surface area contributed by atoms with Crippen LogP contribution in [0.15, 0.2) is 22.9 Å². The van der Waals surface area contributed by atoms with Gasteiger partial charge in [0.15, 0.2) is 0 Å². The summed E-state index contributed by atoms with van der Waals surface area (Å²) in [5.41, 5.74) is 0.990. The first-order valence-corrected chi connectivity index (χ1v) is 6.00. The lowest BCUT2D eigenvalue weighted by Crippen LogP contribution is -2.28. The minimum atomic E-state index is 0.366. The summed E-state index contributed by atoms with van der Waals surface area (Å²) in [4.78, 5) is 4.50. The summed E-state index contributed by atoms with van der Waals surface area (Å²) in [6.07, 6.45) is 4.28. The van der Waals surface area contributed by atoms with E-state index in [0.717, 1.165) is 31.1 Å². The summed E-state index contributed by atoms with van der Waals surface area (Å²) in [7, 11) is 1.98. The molecule has 5 nitrogen and oxygen atoms in total. The second-order valence-electron chi connectivity index (χ2n) is 4.50. The normalized spacial score (nSPS) is 20.6. The first-order valence-electron chi connectivity index (χ1n) is 6.00. The lowest BCUT2D eigenvalue weighted by molar-refractivity contribution is 0.322. The first kappa shape index (κ1) is 10.5. The van der Waals surface area contributed by atoms with Crippen molar-refractivity contribution in [3.8, 4) is 11.5 Å². The zero-order chi connectivity index (χ0) is 11.7. The molecule has 0 amide bonds. The molecule has 0 unspecified atom stereocenters. The molecule has 3 rings (SSSR count). The molecule has 2 aromatic heterocycles. The number of hydrogen-bond acceptors (Lipinski definition) is 4. The molecule has 1 fully saturated rings. The SMILES string of the molecule is Cn1cccc1-c1noc([C@H]2CCCNC2)n1. The van der Waals surface area contributed by atoms with Crippen LogP contribution in [0.3, 0.4) is 0 Å². The Hall–Kier alpha value is -1.62. The minimum absolute atomic E-state index is 0.366. The number of piperidine rings is 1. The predicted octanol–water partition coefficient (Wildman–Crippen LogP) is 1.54. The summed E-state index contributed by atoms with van der Waals surface area (Å²) in [6, 6.07) is 3.97. The van der Waals surface area contributed by atoms with E-state index in [1.807, 2.05) is 29.9 Å². The average molecular weight is 232 g/mol. The van der Waals surface area contributed by atoms with Crippen molar-refractivity contribution in [2.75, 3.05) is 13.1 Å². The highest BCUT2D eigenvalue weighted by molar-refractivity contribution is 5.49. The van der Waals surface area contributed by atoms with Crippen LogP contribution in [-0.2, 0) is 7.05 Å². The lowest BCUT2D eigenvalue weighted by Gasteiger charge is -2.18. The van der Waals surface area contributed by atoms with Crippen LogP contribution in [0.5, 0.6) is 0 Å². The van der Waals surface area contributed by atoms with Crippen molar-refractivity contribution in [1.82, 2.24) is 20.0 Å². The molecule has 1 aliphatic heterocycles. The maximum Gasteiger partial charge on any atom is 0.231 e. The van der Waals surface area contributed by atoms with Gasteiger partial charge in [-0.05, 0) is 31.5 Å². The molecule has 0 saturated carbocycles. The van der Waals surface area contributed by atoms with Crippen LogP contribution < -0.4 is 5.32 Å². The fraction of sp³-hybridized carbons (Fsp3) is 0.500. The lowest BCUT2D eigenvalue weighted by atomic mass is 10.00. The highest BCUT2D eigenvalue weighted by Gasteiger charge is 2.22. The van der Waals surface area contributed by atoms with E-state index >= 15 is 0 Å². The van der Waals surface area contributed by atoms with E-state index in [1.165, 1.54) is 6.42 Å². The predicted molar refractivity (Wildman–Crippen MR) is 63.5 cm³/mol. The molecule has 1 atom stereocenters.